The summed E-state index contributed by atoms with van der Waals surface area (Å²) in [7, 11) is 1.63. The van der Waals surface area contributed by atoms with Crippen molar-refractivity contribution < 1.29 is 27.8 Å². The highest BCUT2D eigenvalue weighted by molar-refractivity contribution is 9.10. The number of hydrogen-bond donors (Lipinski definition) is 1. The van der Waals surface area contributed by atoms with E-state index < -0.39 is 29.4 Å². The lowest BCUT2D eigenvalue weighted by atomic mass is 9.96. The number of hydrogen-bond acceptors (Lipinski definition) is 4. The fourth-order valence-corrected chi connectivity index (χ4v) is 4.65. The van der Waals surface area contributed by atoms with Crippen LogP contribution in [0.4, 0.5) is 24.1 Å². The van der Waals surface area contributed by atoms with Crippen LogP contribution < -0.4 is 15.0 Å². The Kier molecular flexibility index (Phi) is 8.44. The third kappa shape index (κ3) is 7.06. The second-order valence-corrected chi connectivity index (χ2v) is 11.2. The Bertz CT molecular complexity index is 1380. The van der Waals surface area contributed by atoms with Crippen LogP contribution in [-0.2, 0) is 11.3 Å². The van der Waals surface area contributed by atoms with Crippen molar-refractivity contribution in [3.63, 3.8) is 0 Å². The van der Waals surface area contributed by atoms with Crippen LogP contribution in [0.15, 0.2) is 65.1 Å². The summed E-state index contributed by atoms with van der Waals surface area (Å²) in [6.07, 6.45) is -0.168. The standard InChI is InChI=1S/C29H30BrF2N3O4/c1-29(2,3)39-27(36)33-23-13-14-35(24-16-20(31)10-11-21(23)24)28(37)34(4)17-18-7-5-6-8-25(18)38-26-12-9-19(30)15-22(26)32/h5-12,15-16,23H,13-14,17H2,1-4H3,(H,33,36). The van der Waals surface area contributed by atoms with Gasteiger partial charge in [-0.2, -0.15) is 0 Å². The Balaban J connectivity index is 1.52. The molecule has 0 bridgehead atoms. The molecule has 39 heavy (non-hydrogen) atoms. The molecule has 4 rings (SSSR count). The van der Waals surface area contributed by atoms with E-state index in [0.717, 1.165) is 0 Å². The van der Waals surface area contributed by atoms with Crippen LogP contribution in [0, 0.1) is 11.6 Å². The smallest absolute Gasteiger partial charge is 0.408 e. The molecule has 1 heterocycles. The average Bonchev–Trinajstić information content (AvgIpc) is 2.85. The fourth-order valence-electron chi connectivity index (χ4n) is 4.32. The molecular weight excluding hydrogens is 572 g/mol. The molecule has 3 aromatic carbocycles. The van der Waals surface area contributed by atoms with Crippen LogP contribution in [0.1, 0.15) is 44.4 Å². The number of rotatable bonds is 5. The fraction of sp³-hybridized carbons (Fsp3) is 0.310. The van der Waals surface area contributed by atoms with Crippen molar-refractivity contribution in [2.75, 3.05) is 18.5 Å². The summed E-state index contributed by atoms with van der Waals surface area (Å²) in [6.45, 7) is 5.72. The minimum Gasteiger partial charge on any atom is -0.454 e. The van der Waals surface area contributed by atoms with Gasteiger partial charge in [0.2, 0.25) is 0 Å². The van der Waals surface area contributed by atoms with Gasteiger partial charge in [-0.1, -0.05) is 40.2 Å². The number of anilines is 1. The van der Waals surface area contributed by atoms with E-state index in [4.69, 9.17) is 9.47 Å². The molecule has 10 heteroatoms. The largest absolute Gasteiger partial charge is 0.454 e. The van der Waals surface area contributed by atoms with Gasteiger partial charge < -0.3 is 19.7 Å². The zero-order chi connectivity index (χ0) is 28.3. The monoisotopic (exact) mass is 601 g/mol. The Morgan fingerprint density at radius 2 is 1.82 bits per heavy atom. The van der Waals surface area contributed by atoms with Crippen LogP contribution >= 0.6 is 15.9 Å². The molecule has 1 atom stereocenters. The topological polar surface area (TPSA) is 71.1 Å². The molecule has 1 aliphatic rings. The van der Waals surface area contributed by atoms with Crippen LogP contribution in [0.2, 0.25) is 0 Å². The number of alkyl carbamates (subject to hydrolysis) is 1. The number of fused-ring (bicyclic) bond motifs is 1. The van der Waals surface area contributed by atoms with Gasteiger partial charge in [-0.05, 0) is 69.2 Å². The summed E-state index contributed by atoms with van der Waals surface area (Å²) in [5, 5.41) is 2.83. The Labute approximate surface area is 234 Å². The molecule has 7 nitrogen and oxygen atoms in total. The lowest BCUT2D eigenvalue weighted by molar-refractivity contribution is 0.0500. The third-order valence-electron chi connectivity index (χ3n) is 6.04. The van der Waals surface area contributed by atoms with Gasteiger partial charge >= 0.3 is 12.1 Å². The van der Waals surface area contributed by atoms with Crippen molar-refractivity contribution in [1.82, 2.24) is 10.2 Å². The molecule has 0 saturated heterocycles. The van der Waals surface area contributed by atoms with Gasteiger partial charge in [0.15, 0.2) is 11.6 Å². The molecule has 1 aliphatic heterocycles. The normalized spacial score (nSPS) is 14.8. The molecule has 0 radical (unpaired) electrons. The zero-order valence-corrected chi connectivity index (χ0v) is 23.7. The van der Waals surface area contributed by atoms with Crippen molar-refractivity contribution in [3.8, 4) is 11.5 Å². The van der Waals surface area contributed by atoms with Gasteiger partial charge in [0.25, 0.3) is 0 Å². The second-order valence-electron chi connectivity index (χ2n) is 10.3. The van der Waals surface area contributed by atoms with Gasteiger partial charge in [0.05, 0.1) is 18.3 Å². The summed E-state index contributed by atoms with van der Waals surface area (Å²) in [5.74, 6) is -0.554. The lowest BCUT2D eigenvalue weighted by Crippen LogP contribution is -2.46. The molecule has 0 fully saturated rings. The maximum Gasteiger partial charge on any atom is 0.408 e. The highest BCUT2D eigenvalue weighted by Crippen LogP contribution is 2.36. The number of urea groups is 1. The number of halogens is 3. The lowest BCUT2D eigenvalue weighted by Gasteiger charge is -2.37. The first-order valence-corrected chi connectivity index (χ1v) is 13.2. The quantitative estimate of drug-likeness (QED) is 0.328. The maximum absolute atomic E-state index is 14.4. The molecule has 0 aliphatic carbocycles. The van der Waals surface area contributed by atoms with Gasteiger partial charge in [-0.15, -0.1) is 0 Å². The van der Waals surface area contributed by atoms with Gasteiger partial charge in [-0.25, -0.2) is 18.4 Å². The SMILES string of the molecule is CN(Cc1ccccc1Oc1ccc(Br)cc1F)C(=O)N1CCC(NC(=O)OC(C)(C)C)c2ccc(F)cc21. The van der Waals surface area contributed by atoms with Crippen LogP contribution in [0.25, 0.3) is 0 Å². The highest BCUT2D eigenvalue weighted by atomic mass is 79.9. The number of ether oxygens (including phenoxy) is 2. The summed E-state index contributed by atoms with van der Waals surface area (Å²) in [4.78, 5) is 28.9. The molecule has 3 aromatic rings. The molecule has 206 valence electrons. The first kappa shape index (κ1) is 28.4. The van der Waals surface area contributed by atoms with E-state index >= 15 is 0 Å². The van der Waals surface area contributed by atoms with Crippen molar-refractivity contribution in [3.05, 3.63) is 87.9 Å². The first-order chi connectivity index (χ1) is 18.4. The predicted octanol–water partition coefficient (Wildman–Crippen LogP) is 7.55. The van der Waals surface area contributed by atoms with E-state index in [1.807, 2.05) is 0 Å². The van der Waals surface area contributed by atoms with Crippen molar-refractivity contribution in [2.45, 2.75) is 45.4 Å². The molecule has 0 spiro atoms. The molecule has 0 aromatic heterocycles. The zero-order valence-electron chi connectivity index (χ0n) is 22.1. The van der Waals surface area contributed by atoms with Gasteiger partial charge in [-0.3, -0.25) is 4.90 Å². The maximum atomic E-state index is 14.4. The second kappa shape index (κ2) is 11.6. The van der Waals surface area contributed by atoms with Crippen LogP contribution in [-0.4, -0.2) is 36.2 Å². The summed E-state index contributed by atoms with van der Waals surface area (Å²) in [6, 6.07) is 14.9. The Morgan fingerprint density at radius 3 is 2.54 bits per heavy atom. The number of nitrogens with one attached hydrogen (secondary N) is 1. The third-order valence-corrected chi connectivity index (χ3v) is 6.54. The predicted molar refractivity (Wildman–Crippen MR) is 148 cm³/mol. The van der Waals surface area contributed by atoms with Crippen molar-refractivity contribution in [2.24, 2.45) is 0 Å². The summed E-state index contributed by atoms with van der Waals surface area (Å²) in [5.41, 5.74) is 0.986. The number of benzene rings is 3. The van der Waals surface area contributed by atoms with E-state index in [1.165, 1.54) is 34.1 Å². The van der Waals surface area contributed by atoms with E-state index in [-0.39, 0.29) is 24.9 Å². The Morgan fingerprint density at radius 1 is 1.08 bits per heavy atom. The average molecular weight is 602 g/mol. The van der Waals surface area contributed by atoms with Crippen LogP contribution in [0.5, 0.6) is 11.5 Å². The number of nitrogens with zero attached hydrogens (tertiary/aromatic N) is 2. The first-order valence-electron chi connectivity index (χ1n) is 12.4. The number of carbonyl (C=O) groups excluding carboxylic acids is 2. The molecule has 0 saturated carbocycles. The van der Waals surface area contributed by atoms with Gasteiger partial charge in [0, 0.05) is 23.6 Å². The van der Waals surface area contributed by atoms with E-state index in [2.05, 4.69) is 21.2 Å². The number of carbonyl (C=O) groups is 2. The van der Waals surface area contributed by atoms with E-state index in [1.54, 1.807) is 64.2 Å². The molecule has 3 amide bonds. The van der Waals surface area contributed by atoms with Gasteiger partial charge in [0.1, 0.15) is 17.2 Å². The van der Waals surface area contributed by atoms with Crippen LogP contribution in [0.3, 0.4) is 0 Å². The van der Waals surface area contributed by atoms with E-state index in [0.29, 0.717) is 33.5 Å². The molecule has 1 N–H and O–H groups in total. The molecule has 1 unspecified atom stereocenters. The summed E-state index contributed by atoms with van der Waals surface area (Å²) >= 11 is 3.23. The number of amides is 3. The minimum absolute atomic E-state index is 0.0589. The minimum atomic E-state index is -0.668. The van der Waals surface area contributed by atoms with E-state index in [9.17, 15) is 18.4 Å². The number of para-hydroxylation sites is 1. The molecular formula is C29H30BrF2N3O4. The summed E-state index contributed by atoms with van der Waals surface area (Å²) < 4.78 is 40.5. The van der Waals surface area contributed by atoms with Crippen molar-refractivity contribution >= 4 is 33.7 Å². The highest BCUT2D eigenvalue weighted by Gasteiger charge is 2.32. The van der Waals surface area contributed by atoms with Crippen molar-refractivity contribution in [1.29, 1.82) is 0 Å². The Hall–Kier alpha value is -3.66.